The van der Waals surface area contributed by atoms with E-state index in [-0.39, 0.29) is 18.1 Å². The first kappa shape index (κ1) is 15.1. The van der Waals surface area contributed by atoms with Crippen molar-refractivity contribution in [1.29, 1.82) is 0 Å². The third kappa shape index (κ3) is 5.56. The molecule has 0 bridgehead atoms. The van der Waals surface area contributed by atoms with Crippen LogP contribution in [-0.2, 0) is 4.79 Å². The lowest BCUT2D eigenvalue weighted by molar-refractivity contribution is -0.119. The highest BCUT2D eigenvalue weighted by Gasteiger charge is 2.10. The van der Waals surface area contributed by atoms with Crippen LogP contribution >= 0.6 is 11.8 Å². The Labute approximate surface area is 113 Å². The second kappa shape index (κ2) is 7.44. The maximum absolute atomic E-state index is 11.7. The summed E-state index contributed by atoms with van der Waals surface area (Å²) >= 11 is 1.54. The minimum atomic E-state index is -0.385. The van der Waals surface area contributed by atoms with Crippen LogP contribution in [0.15, 0.2) is 29.2 Å². The number of aliphatic hydroxyl groups excluding tert-OH is 1. The first-order valence-electron chi connectivity index (χ1n) is 6.15. The molecule has 1 amide bonds. The van der Waals surface area contributed by atoms with Crippen LogP contribution in [0.25, 0.3) is 0 Å². The van der Waals surface area contributed by atoms with Crippen molar-refractivity contribution in [3.05, 3.63) is 29.8 Å². The van der Waals surface area contributed by atoms with E-state index in [0.29, 0.717) is 12.2 Å². The molecule has 0 aliphatic heterocycles. The molecule has 0 radical (unpaired) electrons. The average Bonchev–Trinajstić information content (AvgIpc) is 2.26. The molecule has 0 aliphatic carbocycles. The minimum Gasteiger partial charge on any atom is -0.393 e. The van der Waals surface area contributed by atoms with Gasteiger partial charge >= 0.3 is 0 Å². The van der Waals surface area contributed by atoms with Crippen LogP contribution < -0.4 is 5.32 Å². The topological polar surface area (TPSA) is 49.3 Å². The molecule has 3 nitrogen and oxygen atoms in total. The zero-order valence-corrected chi connectivity index (χ0v) is 12.0. The van der Waals surface area contributed by atoms with Crippen molar-refractivity contribution >= 4 is 17.7 Å². The van der Waals surface area contributed by atoms with Crippen LogP contribution in [0.4, 0.5) is 0 Å². The van der Waals surface area contributed by atoms with E-state index in [1.54, 1.807) is 18.7 Å². The van der Waals surface area contributed by atoms with Gasteiger partial charge in [0.05, 0.1) is 11.9 Å². The predicted octanol–water partition coefficient (Wildman–Crippen LogP) is 2.36. The van der Waals surface area contributed by atoms with Crippen molar-refractivity contribution in [3.63, 3.8) is 0 Å². The number of hydrogen-bond donors (Lipinski definition) is 2. The molecule has 18 heavy (non-hydrogen) atoms. The molecule has 0 heterocycles. The van der Waals surface area contributed by atoms with E-state index in [9.17, 15) is 9.90 Å². The van der Waals surface area contributed by atoms with E-state index in [2.05, 4.69) is 5.32 Å². The van der Waals surface area contributed by atoms with Gasteiger partial charge in [-0.3, -0.25) is 4.79 Å². The monoisotopic (exact) mass is 267 g/mol. The SMILES string of the molecule is Cc1ccccc1SCC(=O)NC(C)CC(C)O. The Hall–Kier alpha value is -1.00. The molecule has 1 aromatic carbocycles. The Morgan fingerprint density at radius 3 is 2.67 bits per heavy atom. The third-order valence-corrected chi connectivity index (χ3v) is 3.73. The van der Waals surface area contributed by atoms with Crippen LogP contribution in [0, 0.1) is 6.92 Å². The van der Waals surface area contributed by atoms with E-state index in [4.69, 9.17) is 0 Å². The van der Waals surface area contributed by atoms with Gasteiger partial charge in [-0.05, 0) is 38.8 Å². The van der Waals surface area contributed by atoms with Gasteiger partial charge in [0.2, 0.25) is 5.91 Å². The van der Waals surface area contributed by atoms with Gasteiger partial charge in [0, 0.05) is 10.9 Å². The fourth-order valence-electron chi connectivity index (χ4n) is 1.75. The van der Waals surface area contributed by atoms with Gasteiger partial charge < -0.3 is 10.4 Å². The summed E-state index contributed by atoms with van der Waals surface area (Å²) in [4.78, 5) is 12.8. The van der Waals surface area contributed by atoms with Gasteiger partial charge in [0.15, 0.2) is 0 Å². The molecule has 4 heteroatoms. The van der Waals surface area contributed by atoms with Crippen LogP contribution in [0.2, 0.25) is 0 Å². The lowest BCUT2D eigenvalue weighted by atomic mass is 10.1. The Morgan fingerprint density at radius 2 is 2.06 bits per heavy atom. The van der Waals surface area contributed by atoms with Gasteiger partial charge in [-0.2, -0.15) is 0 Å². The summed E-state index contributed by atoms with van der Waals surface area (Å²) in [6, 6.07) is 8.03. The predicted molar refractivity (Wildman–Crippen MR) is 75.8 cm³/mol. The summed E-state index contributed by atoms with van der Waals surface area (Å²) in [6.07, 6.45) is 0.199. The summed E-state index contributed by atoms with van der Waals surface area (Å²) in [5.41, 5.74) is 1.19. The van der Waals surface area contributed by atoms with Gasteiger partial charge in [-0.25, -0.2) is 0 Å². The average molecular weight is 267 g/mol. The van der Waals surface area contributed by atoms with Gasteiger partial charge in [0.25, 0.3) is 0 Å². The van der Waals surface area contributed by atoms with Crippen molar-refractivity contribution in [3.8, 4) is 0 Å². The lowest BCUT2D eigenvalue weighted by Gasteiger charge is -2.15. The van der Waals surface area contributed by atoms with Crippen LogP contribution in [-0.4, -0.2) is 28.9 Å². The molecule has 2 unspecified atom stereocenters. The van der Waals surface area contributed by atoms with Gasteiger partial charge in [-0.1, -0.05) is 18.2 Å². The van der Waals surface area contributed by atoms with Crippen molar-refractivity contribution in [2.75, 3.05) is 5.75 Å². The molecule has 100 valence electrons. The highest BCUT2D eigenvalue weighted by molar-refractivity contribution is 8.00. The molecule has 0 aromatic heterocycles. The van der Waals surface area contributed by atoms with E-state index < -0.39 is 0 Å². The standard InChI is InChI=1S/C14H21NO2S/c1-10-6-4-5-7-13(10)18-9-14(17)15-11(2)8-12(3)16/h4-7,11-12,16H,8-9H2,1-3H3,(H,15,17). The summed E-state index contributed by atoms with van der Waals surface area (Å²) in [6.45, 7) is 5.67. The number of hydrogen-bond acceptors (Lipinski definition) is 3. The normalized spacial score (nSPS) is 14.0. The molecule has 0 saturated carbocycles. The molecule has 0 fully saturated rings. The smallest absolute Gasteiger partial charge is 0.230 e. The molecular weight excluding hydrogens is 246 g/mol. The fourth-order valence-corrected chi connectivity index (χ4v) is 2.59. The summed E-state index contributed by atoms with van der Waals surface area (Å²) < 4.78 is 0. The molecule has 0 spiro atoms. The molecular formula is C14H21NO2S. The number of amides is 1. The summed E-state index contributed by atoms with van der Waals surface area (Å²) in [5, 5.41) is 12.1. The zero-order valence-electron chi connectivity index (χ0n) is 11.1. The molecule has 1 rings (SSSR count). The van der Waals surface area contributed by atoms with E-state index in [1.807, 2.05) is 38.1 Å². The Morgan fingerprint density at radius 1 is 1.39 bits per heavy atom. The molecule has 0 saturated heterocycles. The molecule has 1 aromatic rings. The van der Waals surface area contributed by atoms with Crippen LogP contribution in [0.5, 0.6) is 0 Å². The number of rotatable bonds is 6. The lowest BCUT2D eigenvalue weighted by Crippen LogP contribution is -2.35. The Bertz CT molecular complexity index is 393. The van der Waals surface area contributed by atoms with Crippen molar-refractivity contribution in [1.82, 2.24) is 5.32 Å². The highest BCUT2D eigenvalue weighted by atomic mass is 32.2. The van der Waals surface area contributed by atoms with Crippen molar-refractivity contribution < 1.29 is 9.90 Å². The van der Waals surface area contributed by atoms with Crippen LogP contribution in [0.1, 0.15) is 25.8 Å². The number of nitrogens with one attached hydrogen (secondary N) is 1. The number of aryl methyl sites for hydroxylation is 1. The van der Waals surface area contributed by atoms with Crippen molar-refractivity contribution in [2.45, 2.75) is 44.2 Å². The maximum Gasteiger partial charge on any atom is 0.230 e. The second-order valence-corrected chi connectivity index (χ2v) is 5.62. The van der Waals surface area contributed by atoms with Crippen LogP contribution in [0.3, 0.4) is 0 Å². The highest BCUT2D eigenvalue weighted by Crippen LogP contribution is 2.21. The Kier molecular flexibility index (Phi) is 6.22. The number of aliphatic hydroxyl groups is 1. The third-order valence-electron chi connectivity index (χ3n) is 2.55. The summed E-state index contributed by atoms with van der Waals surface area (Å²) in [5.74, 6) is 0.422. The number of thioether (sulfide) groups is 1. The Balaban J connectivity index is 2.35. The van der Waals surface area contributed by atoms with Gasteiger partial charge in [0.1, 0.15) is 0 Å². The first-order valence-corrected chi connectivity index (χ1v) is 7.13. The number of carbonyl (C=O) groups excluding carboxylic acids is 1. The second-order valence-electron chi connectivity index (χ2n) is 4.61. The maximum atomic E-state index is 11.7. The first-order chi connectivity index (χ1) is 8.49. The number of benzene rings is 1. The van der Waals surface area contributed by atoms with Crippen molar-refractivity contribution in [2.24, 2.45) is 0 Å². The summed E-state index contributed by atoms with van der Waals surface area (Å²) in [7, 11) is 0. The van der Waals surface area contributed by atoms with E-state index in [0.717, 1.165) is 4.90 Å². The van der Waals surface area contributed by atoms with Gasteiger partial charge in [-0.15, -0.1) is 11.8 Å². The minimum absolute atomic E-state index is 0.00923. The van der Waals surface area contributed by atoms with E-state index >= 15 is 0 Å². The molecule has 2 atom stereocenters. The molecule has 2 N–H and O–H groups in total. The molecule has 0 aliphatic rings. The largest absolute Gasteiger partial charge is 0.393 e. The van der Waals surface area contributed by atoms with E-state index in [1.165, 1.54) is 5.56 Å². The quantitative estimate of drug-likeness (QED) is 0.778. The fraction of sp³-hybridized carbons (Fsp3) is 0.500. The number of carbonyl (C=O) groups is 1. The zero-order chi connectivity index (χ0) is 13.5.